The summed E-state index contributed by atoms with van der Waals surface area (Å²) in [6, 6.07) is 1.79. The molecule has 0 bridgehead atoms. The lowest BCUT2D eigenvalue weighted by molar-refractivity contribution is -0.120. The van der Waals surface area contributed by atoms with Crippen LogP contribution in [-0.4, -0.2) is 24.0 Å². The largest absolute Gasteiger partial charge is 0.396 e. The van der Waals surface area contributed by atoms with E-state index in [9.17, 15) is 4.79 Å². The number of amides is 1. The Morgan fingerprint density at radius 2 is 2.31 bits per heavy atom. The molecule has 0 atom stereocenters. The van der Waals surface area contributed by atoms with Gasteiger partial charge in [-0.15, -0.1) is 0 Å². The van der Waals surface area contributed by atoms with Crippen molar-refractivity contribution in [3.8, 4) is 0 Å². The van der Waals surface area contributed by atoms with E-state index in [1.54, 1.807) is 18.5 Å². The summed E-state index contributed by atoms with van der Waals surface area (Å²) in [4.78, 5) is 15.2. The number of rotatable bonds is 6. The van der Waals surface area contributed by atoms with Crippen LogP contribution >= 0.6 is 0 Å². The van der Waals surface area contributed by atoms with E-state index in [-0.39, 0.29) is 5.91 Å². The van der Waals surface area contributed by atoms with E-state index in [1.165, 1.54) is 0 Å². The van der Waals surface area contributed by atoms with Gasteiger partial charge in [0.2, 0.25) is 5.91 Å². The van der Waals surface area contributed by atoms with E-state index < -0.39 is 0 Å². The number of pyridine rings is 1. The molecule has 5 heteroatoms. The van der Waals surface area contributed by atoms with Crippen LogP contribution in [0.2, 0.25) is 0 Å². The molecule has 0 saturated heterocycles. The second-order valence-corrected chi connectivity index (χ2v) is 3.49. The van der Waals surface area contributed by atoms with Crippen LogP contribution in [0, 0.1) is 0 Å². The smallest absolute Gasteiger partial charge is 0.221 e. The highest BCUT2D eigenvalue weighted by atomic mass is 16.1. The third-order valence-corrected chi connectivity index (χ3v) is 2.09. The van der Waals surface area contributed by atoms with E-state index in [0.29, 0.717) is 18.7 Å². The van der Waals surface area contributed by atoms with Crippen LogP contribution in [0.25, 0.3) is 0 Å². The third kappa shape index (κ3) is 4.16. The van der Waals surface area contributed by atoms with E-state index in [0.717, 1.165) is 18.7 Å². The first-order valence-electron chi connectivity index (χ1n) is 5.44. The summed E-state index contributed by atoms with van der Waals surface area (Å²) in [6.07, 6.45) is 4.65. The molecule has 1 aromatic heterocycles. The molecule has 0 aliphatic carbocycles. The van der Waals surface area contributed by atoms with E-state index in [1.807, 2.05) is 6.92 Å². The van der Waals surface area contributed by atoms with Crippen molar-refractivity contribution >= 4 is 17.3 Å². The van der Waals surface area contributed by atoms with Gasteiger partial charge in [0.15, 0.2) is 0 Å². The van der Waals surface area contributed by atoms with Gasteiger partial charge in [-0.25, -0.2) is 0 Å². The maximum Gasteiger partial charge on any atom is 0.221 e. The number of carbonyl (C=O) groups is 1. The molecule has 0 radical (unpaired) electrons. The van der Waals surface area contributed by atoms with Crippen molar-refractivity contribution in [2.45, 2.75) is 19.8 Å². The molecular formula is C11H18N4O. The number of carbonyl (C=O) groups excluding carboxylic acids is 1. The molecule has 0 spiro atoms. The minimum Gasteiger partial charge on any atom is -0.396 e. The fraction of sp³-hybridized carbons (Fsp3) is 0.455. The van der Waals surface area contributed by atoms with Gasteiger partial charge in [-0.2, -0.15) is 0 Å². The van der Waals surface area contributed by atoms with Gasteiger partial charge in [0.1, 0.15) is 0 Å². The number of hydrogen-bond donors (Lipinski definition) is 3. The lowest BCUT2D eigenvalue weighted by atomic mass is 10.3. The number of nitrogen functional groups attached to an aromatic ring is 1. The zero-order chi connectivity index (χ0) is 11.8. The minimum atomic E-state index is 0.0574. The van der Waals surface area contributed by atoms with E-state index in [2.05, 4.69) is 15.6 Å². The first-order chi connectivity index (χ1) is 7.74. The molecule has 0 aromatic carbocycles. The summed E-state index contributed by atoms with van der Waals surface area (Å²) < 4.78 is 0. The zero-order valence-corrected chi connectivity index (χ0v) is 9.49. The lowest BCUT2D eigenvalue weighted by Crippen LogP contribution is -2.25. The van der Waals surface area contributed by atoms with Gasteiger partial charge in [0.05, 0.1) is 17.6 Å². The molecule has 0 aliphatic rings. The molecule has 0 fully saturated rings. The number of hydrogen-bond acceptors (Lipinski definition) is 4. The molecular weight excluding hydrogens is 204 g/mol. The van der Waals surface area contributed by atoms with Crippen LogP contribution in [0.3, 0.4) is 0 Å². The molecule has 1 aromatic rings. The Morgan fingerprint density at radius 1 is 1.50 bits per heavy atom. The Kier molecular flexibility index (Phi) is 5.11. The molecule has 0 saturated carbocycles. The highest BCUT2D eigenvalue weighted by Gasteiger charge is 2.01. The predicted molar refractivity (Wildman–Crippen MR) is 65.1 cm³/mol. The van der Waals surface area contributed by atoms with Crippen molar-refractivity contribution in [3.05, 3.63) is 18.5 Å². The molecule has 1 rings (SSSR count). The van der Waals surface area contributed by atoms with Gasteiger partial charge in [0, 0.05) is 25.7 Å². The van der Waals surface area contributed by atoms with E-state index >= 15 is 0 Å². The summed E-state index contributed by atoms with van der Waals surface area (Å²) >= 11 is 0. The highest BCUT2D eigenvalue weighted by molar-refractivity contribution is 5.76. The first kappa shape index (κ1) is 12.3. The fourth-order valence-electron chi connectivity index (χ4n) is 1.23. The van der Waals surface area contributed by atoms with Gasteiger partial charge in [0.25, 0.3) is 0 Å². The van der Waals surface area contributed by atoms with Gasteiger partial charge < -0.3 is 16.4 Å². The van der Waals surface area contributed by atoms with Crippen LogP contribution in [0.1, 0.15) is 19.8 Å². The fourth-order valence-corrected chi connectivity index (χ4v) is 1.23. The maximum absolute atomic E-state index is 11.3. The summed E-state index contributed by atoms with van der Waals surface area (Å²) in [5, 5.41) is 5.91. The number of anilines is 2. The second-order valence-electron chi connectivity index (χ2n) is 3.49. The third-order valence-electron chi connectivity index (χ3n) is 2.09. The van der Waals surface area contributed by atoms with Gasteiger partial charge in [-0.1, -0.05) is 6.92 Å². The predicted octanol–water partition coefficient (Wildman–Crippen LogP) is 0.992. The average Bonchev–Trinajstić information content (AvgIpc) is 2.29. The number of nitrogens with zero attached hydrogens (tertiary/aromatic N) is 1. The summed E-state index contributed by atoms with van der Waals surface area (Å²) in [6.45, 7) is 3.33. The number of aromatic nitrogens is 1. The number of nitrogens with two attached hydrogens (primary N) is 1. The molecule has 5 nitrogen and oxygen atoms in total. The summed E-state index contributed by atoms with van der Waals surface area (Å²) in [5.74, 6) is 0.0574. The normalized spacial score (nSPS) is 9.81. The van der Waals surface area contributed by atoms with Crippen molar-refractivity contribution in [3.63, 3.8) is 0 Å². The highest BCUT2D eigenvalue weighted by Crippen LogP contribution is 2.14. The van der Waals surface area contributed by atoms with Crippen LogP contribution in [0.5, 0.6) is 0 Å². The van der Waals surface area contributed by atoms with Crippen molar-refractivity contribution in [1.82, 2.24) is 10.3 Å². The molecule has 1 heterocycles. The van der Waals surface area contributed by atoms with Gasteiger partial charge in [-0.05, 0) is 12.5 Å². The Morgan fingerprint density at radius 3 is 3.00 bits per heavy atom. The molecule has 0 unspecified atom stereocenters. The Labute approximate surface area is 95.4 Å². The summed E-state index contributed by atoms with van der Waals surface area (Å²) in [7, 11) is 0. The average molecular weight is 222 g/mol. The van der Waals surface area contributed by atoms with Crippen LogP contribution < -0.4 is 16.4 Å². The Bertz CT molecular complexity index is 341. The lowest BCUT2D eigenvalue weighted by Gasteiger charge is -2.08. The van der Waals surface area contributed by atoms with Crippen molar-refractivity contribution in [2.24, 2.45) is 0 Å². The van der Waals surface area contributed by atoms with Crippen molar-refractivity contribution in [1.29, 1.82) is 0 Å². The molecule has 0 aliphatic heterocycles. The van der Waals surface area contributed by atoms with Gasteiger partial charge in [-0.3, -0.25) is 9.78 Å². The second kappa shape index (κ2) is 6.66. The topological polar surface area (TPSA) is 80.0 Å². The number of nitrogens with one attached hydrogen (secondary N) is 2. The van der Waals surface area contributed by atoms with Gasteiger partial charge >= 0.3 is 0 Å². The van der Waals surface area contributed by atoms with Crippen molar-refractivity contribution in [2.75, 3.05) is 24.1 Å². The summed E-state index contributed by atoms with van der Waals surface area (Å²) in [5.41, 5.74) is 7.10. The van der Waals surface area contributed by atoms with Crippen LogP contribution in [0.15, 0.2) is 18.5 Å². The quantitative estimate of drug-likeness (QED) is 0.670. The molecule has 4 N–H and O–H groups in total. The Balaban J connectivity index is 2.25. The zero-order valence-electron chi connectivity index (χ0n) is 9.49. The van der Waals surface area contributed by atoms with E-state index in [4.69, 9.17) is 5.73 Å². The molecule has 16 heavy (non-hydrogen) atoms. The van der Waals surface area contributed by atoms with Crippen LogP contribution in [0.4, 0.5) is 11.4 Å². The first-order valence-corrected chi connectivity index (χ1v) is 5.44. The molecule has 1 amide bonds. The Hall–Kier alpha value is -1.78. The maximum atomic E-state index is 11.3. The standard InChI is InChI=1S/C11H18N4O/c1-2-5-15-11(16)4-7-14-10-3-6-13-8-9(10)12/h3,6,8H,2,4-5,7,12H2,1H3,(H,13,14)(H,15,16). The van der Waals surface area contributed by atoms with Crippen LogP contribution in [-0.2, 0) is 4.79 Å². The monoisotopic (exact) mass is 222 g/mol. The minimum absolute atomic E-state index is 0.0574. The SMILES string of the molecule is CCCNC(=O)CCNc1ccncc1N. The molecule has 88 valence electrons. The van der Waals surface area contributed by atoms with Crippen molar-refractivity contribution < 1.29 is 4.79 Å².